The van der Waals surface area contributed by atoms with Gasteiger partial charge in [-0.2, -0.15) is 0 Å². The van der Waals surface area contributed by atoms with E-state index in [4.69, 9.17) is 5.73 Å². The van der Waals surface area contributed by atoms with Crippen LogP contribution in [0.5, 0.6) is 0 Å². The highest BCUT2D eigenvalue weighted by Gasteiger charge is 2.41. The fourth-order valence-corrected chi connectivity index (χ4v) is 5.57. The predicted octanol–water partition coefficient (Wildman–Crippen LogP) is 4.57. The molecule has 5 N–H and O–H groups in total. The molecule has 8 heteroatoms. The Hall–Kier alpha value is -3.00. The summed E-state index contributed by atoms with van der Waals surface area (Å²) < 4.78 is 0. The molecule has 1 aliphatic heterocycles. The summed E-state index contributed by atoms with van der Waals surface area (Å²) in [6.07, 6.45) is 12.5. The summed E-state index contributed by atoms with van der Waals surface area (Å²) in [5.41, 5.74) is 9.90. The summed E-state index contributed by atoms with van der Waals surface area (Å²) in [6.45, 7) is 4.10. The molecule has 200 valence electrons. The van der Waals surface area contributed by atoms with Gasteiger partial charge < -0.3 is 21.4 Å². The van der Waals surface area contributed by atoms with E-state index in [-0.39, 0.29) is 17.9 Å². The number of aromatic nitrogens is 2. The summed E-state index contributed by atoms with van der Waals surface area (Å²) in [6, 6.07) is 5.64. The van der Waals surface area contributed by atoms with Crippen LogP contribution in [0, 0.1) is 11.3 Å². The fourth-order valence-electron chi connectivity index (χ4n) is 5.57. The van der Waals surface area contributed by atoms with Crippen molar-refractivity contribution in [2.45, 2.75) is 77.2 Å². The van der Waals surface area contributed by atoms with Gasteiger partial charge in [0.1, 0.15) is 11.6 Å². The average Bonchev–Trinajstić information content (AvgIpc) is 3.38. The van der Waals surface area contributed by atoms with Crippen molar-refractivity contribution >= 4 is 23.6 Å². The first-order valence-electron chi connectivity index (χ1n) is 13.8. The molecule has 0 bridgehead atoms. The van der Waals surface area contributed by atoms with Crippen LogP contribution in [0.15, 0.2) is 29.4 Å². The minimum absolute atomic E-state index is 0.0679. The molecule has 2 aliphatic rings. The van der Waals surface area contributed by atoms with E-state index in [0.717, 1.165) is 87.1 Å². The Bertz CT molecular complexity index is 1090. The molecule has 1 aromatic heterocycles. The number of nitrogen functional groups attached to an aromatic ring is 1. The maximum absolute atomic E-state index is 13.3. The monoisotopic (exact) mass is 506 g/mol. The topological polar surface area (TPSA) is 125 Å². The number of imidazole rings is 1. The molecule has 4 rings (SSSR count). The van der Waals surface area contributed by atoms with E-state index in [9.17, 15) is 9.59 Å². The summed E-state index contributed by atoms with van der Waals surface area (Å²) in [7, 11) is 1.72. The first kappa shape index (κ1) is 27.0. The van der Waals surface area contributed by atoms with E-state index < -0.39 is 0 Å². The molecule has 1 spiro atoms. The molecule has 1 aromatic carbocycles. The SMILES string of the molecule is CCC(=O)CCCCC[C@H](NC(=O)C1CCC2(CC1)CNC2)c1ncc(-c2ccc(N)c(C=NC)c2)[nH]1. The van der Waals surface area contributed by atoms with E-state index in [2.05, 4.69) is 25.6 Å². The number of carbonyl (C=O) groups excluding carboxylic acids is 2. The van der Waals surface area contributed by atoms with Crippen molar-refractivity contribution in [3.63, 3.8) is 0 Å². The van der Waals surface area contributed by atoms with E-state index in [1.54, 1.807) is 13.3 Å². The van der Waals surface area contributed by atoms with Gasteiger partial charge in [0.05, 0.1) is 17.9 Å². The first-order valence-corrected chi connectivity index (χ1v) is 13.8. The number of ketones is 1. The van der Waals surface area contributed by atoms with Crippen molar-refractivity contribution in [1.29, 1.82) is 0 Å². The molecule has 8 nitrogen and oxygen atoms in total. The smallest absolute Gasteiger partial charge is 0.223 e. The van der Waals surface area contributed by atoms with Crippen LogP contribution in [0.25, 0.3) is 11.3 Å². The summed E-state index contributed by atoms with van der Waals surface area (Å²) >= 11 is 0. The van der Waals surface area contributed by atoms with Crippen molar-refractivity contribution in [3.05, 3.63) is 35.8 Å². The molecular weight excluding hydrogens is 464 g/mol. The molecule has 1 aliphatic carbocycles. The van der Waals surface area contributed by atoms with Crippen molar-refractivity contribution < 1.29 is 9.59 Å². The van der Waals surface area contributed by atoms with Crippen molar-refractivity contribution in [3.8, 4) is 11.3 Å². The lowest BCUT2D eigenvalue weighted by molar-refractivity contribution is -0.128. The van der Waals surface area contributed by atoms with Crippen molar-refractivity contribution in [1.82, 2.24) is 20.6 Å². The van der Waals surface area contributed by atoms with Crippen molar-refractivity contribution in [2.75, 3.05) is 25.9 Å². The van der Waals surface area contributed by atoms with Crippen LogP contribution >= 0.6 is 0 Å². The van der Waals surface area contributed by atoms with Crippen LogP contribution in [0.2, 0.25) is 0 Å². The van der Waals surface area contributed by atoms with Gasteiger partial charge in [-0.15, -0.1) is 0 Å². The first-order chi connectivity index (χ1) is 17.9. The van der Waals surface area contributed by atoms with Crippen molar-refractivity contribution in [2.24, 2.45) is 16.3 Å². The predicted molar refractivity (Wildman–Crippen MR) is 148 cm³/mol. The molecule has 0 radical (unpaired) electrons. The standard InChI is InChI=1S/C29H42N6O2/c1-3-23(36)7-5-4-6-8-25(35-28(37)20-11-13-29(14-12-20)18-32-19-29)27-33-17-26(34-27)21-9-10-24(30)22(15-21)16-31-2/h9-10,15-17,20,25,32H,3-8,11-14,18-19,30H2,1-2H3,(H,33,34)(H,35,37)/t25-/m0/s1. The van der Waals surface area contributed by atoms with Crippen LogP contribution < -0.4 is 16.4 Å². The Morgan fingerprint density at radius 3 is 2.70 bits per heavy atom. The van der Waals surface area contributed by atoms with Gasteiger partial charge in [-0.05, 0) is 56.1 Å². The second kappa shape index (κ2) is 12.5. The Kier molecular flexibility index (Phi) is 9.14. The molecule has 2 heterocycles. The van der Waals surface area contributed by atoms with Crippen LogP contribution in [-0.2, 0) is 9.59 Å². The average molecular weight is 507 g/mol. The number of hydrogen-bond acceptors (Lipinski definition) is 6. The lowest BCUT2D eigenvalue weighted by atomic mass is 9.67. The number of benzene rings is 1. The molecule has 2 fully saturated rings. The number of carbonyl (C=O) groups is 2. The van der Waals surface area contributed by atoms with Crippen LogP contribution in [0.1, 0.15) is 88.6 Å². The number of amides is 1. The third kappa shape index (κ3) is 6.86. The summed E-state index contributed by atoms with van der Waals surface area (Å²) in [5, 5.41) is 6.72. The zero-order valence-electron chi connectivity index (χ0n) is 22.3. The summed E-state index contributed by atoms with van der Waals surface area (Å²) in [4.78, 5) is 37.2. The third-order valence-electron chi connectivity index (χ3n) is 8.17. The lowest BCUT2D eigenvalue weighted by Crippen LogP contribution is -2.55. The number of Topliss-reactive ketones (excluding diaryl/α,β-unsaturated/α-hetero) is 1. The van der Waals surface area contributed by atoms with Gasteiger partial charge in [0.15, 0.2) is 0 Å². The van der Waals surface area contributed by atoms with Gasteiger partial charge in [-0.25, -0.2) is 4.98 Å². The fraction of sp³-hybridized carbons (Fsp3) is 0.586. The number of nitrogens with two attached hydrogens (primary N) is 1. The zero-order valence-corrected chi connectivity index (χ0v) is 22.3. The Morgan fingerprint density at radius 1 is 1.24 bits per heavy atom. The quantitative estimate of drug-likeness (QED) is 0.191. The van der Waals surface area contributed by atoms with Gasteiger partial charge >= 0.3 is 0 Å². The van der Waals surface area contributed by atoms with Gasteiger partial charge in [0.25, 0.3) is 0 Å². The Labute approximate surface area is 220 Å². The second-order valence-electron chi connectivity index (χ2n) is 10.8. The lowest BCUT2D eigenvalue weighted by Gasteiger charge is -2.47. The molecule has 37 heavy (non-hydrogen) atoms. The van der Waals surface area contributed by atoms with E-state index in [1.807, 2.05) is 31.3 Å². The highest BCUT2D eigenvalue weighted by molar-refractivity contribution is 5.89. The molecule has 1 saturated heterocycles. The minimum Gasteiger partial charge on any atom is -0.398 e. The number of nitrogens with zero attached hydrogens (tertiary/aromatic N) is 2. The van der Waals surface area contributed by atoms with Gasteiger partial charge in [0, 0.05) is 61.9 Å². The van der Waals surface area contributed by atoms with Gasteiger partial charge in [0.2, 0.25) is 5.91 Å². The molecule has 1 amide bonds. The molecule has 0 unspecified atom stereocenters. The normalized spacial score (nSPS) is 18.1. The molecular formula is C29H42N6O2. The van der Waals surface area contributed by atoms with Crippen LogP contribution in [-0.4, -0.2) is 48.0 Å². The number of anilines is 1. The molecule has 1 atom stereocenters. The Morgan fingerprint density at radius 2 is 2.03 bits per heavy atom. The minimum atomic E-state index is -0.185. The van der Waals surface area contributed by atoms with E-state index >= 15 is 0 Å². The maximum atomic E-state index is 13.3. The number of aromatic amines is 1. The number of H-pyrrole nitrogens is 1. The van der Waals surface area contributed by atoms with Gasteiger partial charge in [-0.1, -0.05) is 25.8 Å². The second-order valence-corrected chi connectivity index (χ2v) is 10.8. The van der Waals surface area contributed by atoms with E-state index in [1.165, 1.54) is 0 Å². The highest BCUT2D eigenvalue weighted by Crippen LogP contribution is 2.42. The molecule has 1 saturated carbocycles. The largest absolute Gasteiger partial charge is 0.398 e. The number of unbranched alkanes of at least 4 members (excludes halogenated alkanes) is 2. The highest BCUT2D eigenvalue weighted by atomic mass is 16.2. The van der Waals surface area contributed by atoms with Gasteiger partial charge in [-0.3, -0.25) is 14.6 Å². The summed E-state index contributed by atoms with van der Waals surface area (Å²) in [5.74, 6) is 1.29. The Balaban J connectivity index is 1.43. The number of aliphatic imine (C=N–C) groups is 1. The number of nitrogens with one attached hydrogen (secondary N) is 3. The maximum Gasteiger partial charge on any atom is 0.223 e. The van der Waals surface area contributed by atoms with Crippen LogP contribution in [0.4, 0.5) is 5.69 Å². The third-order valence-corrected chi connectivity index (χ3v) is 8.17. The van der Waals surface area contributed by atoms with E-state index in [0.29, 0.717) is 29.7 Å². The molecule has 2 aromatic rings. The number of hydrogen-bond donors (Lipinski definition) is 4. The van der Waals surface area contributed by atoms with Crippen LogP contribution in [0.3, 0.4) is 0 Å². The number of rotatable bonds is 12. The zero-order chi connectivity index (χ0) is 26.3.